The van der Waals surface area contributed by atoms with Crippen molar-refractivity contribution in [2.75, 3.05) is 31.7 Å². The van der Waals surface area contributed by atoms with Crippen LogP contribution in [0.1, 0.15) is 62.6 Å². The van der Waals surface area contributed by atoms with Gasteiger partial charge in [0.25, 0.3) is 0 Å². The first kappa shape index (κ1) is 24.1. The number of rotatable bonds is 5. The number of hydrogen-bond acceptors (Lipinski definition) is 7. The fourth-order valence-corrected chi connectivity index (χ4v) is 9.33. The van der Waals surface area contributed by atoms with Crippen molar-refractivity contribution >= 4 is 26.5 Å². The second-order valence-corrected chi connectivity index (χ2v) is 14.0. The molecule has 1 N–H and O–H groups in total. The number of sulfone groups is 1. The molecule has 3 aliphatic rings. The second-order valence-electron chi connectivity index (χ2n) is 12.0. The number of aromatic amines is 1. The summed E-state index contributed by atoms with van der Waals surface area (Å²) < 4.78 is 30.7. The van der Waals surface area contributed by atoms with Gasteiger partial charge in [0.2, 0.25) is 0 Å². The Kier molecular flexibility index (Phi) is 5.39. The van der Waals surface area contributed by atoms with Crippen LogP contribution < -0.4 is 4.74 Å². The minimum atomic E-state index is -2.75. The van der Waals surface area contributed by atoms with E-state index >= 15 is 0 Å². The normalized spacial score (nSPS) is 24.6. The Bertz CT molecular complexity index is 1630. The smallest absolute Gasteiger partial charge is 0.197 e. The highest BCUT2D eigenvalue weighted by molar-refractivity contribution is 7.92. The summed E-state index contributed by atoms with van der Waals surface area (Å²) in [7, 11) is -1.10. The van der Waals surface area contributed by atoms with Crippen molar-refractivity contribution in [2.45, 2.75) is 57.4 Å². The van der Waals surface area contributed by atoms with Crippen LogP contribution in [0.25, 0.3) is 27.9 Å². The van der Waals surface area contributed by atoms with Crippen LogP contribution in [0, 0.1) is 5.41 Å². The fourth-order valence-electron chi connectivity index (χ4n) is 7.18. The fraction of sp³-hybridized carbons (Fsp3) is 0.536. The lowest BCUT2D eigenvalue weighted by molar-refractivity contribution is -0.0238. The van der Waals surface area contributed by atoms with Gasteiger partial charge in [-0.05, 0) is 49.8 Å². The van der Waals surface area contributed by atoms with E-state index in [2.05, 4.69) is 45.9 Å². The van der Waals surface area contributed by atoms with Gasteiger partial charge < -0.3 is 9.72 Å². The van der Waals surface area contributed by atoms with Crippen LogP contribution >= 0.6 is 0 Å². The van der Waals surface area contributed by atoms with Gasteiger partial charge in [-0.15, -0.1) is 0 Å². The highest BCUT2D eigenvalue weighted by Crippen LogP contribution is 2.45. The third-order valence-corrected chi connectivity index (χ3v) is 11.0. The summed E-state index contributed by atoms with van der Waals surface area (Å²) in [5.74, 6) is 2.22. The standard InChI is InChI=1S/C28H34N6O3S/c1-17(2)24-25(19-10-23(37-3)27-29-16-30-34(27)11-19)32-22-9-8-21(31-26(22)24)18-4-6-20(7-5-18)33-12-28(13-33)14-38(35,36)15-28/h8-11,16-18,20,32H,4-7,12-15H2,1-3H3. The Morgan fingerprint density at radius 3 is 2.58 bits per heavy atom. The van der Waals surface area contributed by atoms with Crippen LogP contribution in [-0.2, 0) is 9.84 Å². The molecule has 6 heterocycles. The molecule has 0 amide bonds. The lowest BCUT2D eigenvalue weighted by atomic mass is 9.77. The van der Waals surface area contributed by atoms with E-state index < -0.39 is 9.84 Å². The summed E-state index contributed by atoms with van der Waals surface area (Å²) in [6, 6.07) is 6.97. The molecule has 4 aromatic rings. The Balaban J connectivity index is 1.13. The molecule has 7 rings (SSSR count). The molecule has 1 spiro atoms. The van der Waals surface area contributed by atoms with Gasteiger partial charge >= 0.3 is 0 Å². The number of nitrogens with zero attached hydrogens (tertiary/aromatic N) is 5. The zero-order valence-corrected chi connectivity index (χ0v) is 23.0. The minimum Gasteiger partial charge on any atom is -0.493 e. The topological polar surface area (TPSA) is 105 Å². The van der Waals surface area contributed by atoms with Gasteiger partial charge in [0.05, 0.1) is 35.3 Å². The number of hydrogen-bond donors (Lipinski definition) is 1. The van der Waals surface area contributed by atoms with Gasteiger partial charge in [-0.1, -0.05) is 13.8 Å². The number of ether oxygens (including phenoxy) is 1. The van der Waals surface area contributed by atoms with Crippen molar-refractivity contribution in [2.24, 2.45) is 5.41 Å². The van der Waals surface area contributed by atoms with E-state index in [1.165, 1.54) is 17.6 Å². The molecule has 1 aliphatic carbocycles. The Labute approximate surface area is 222 Å². The van der Waals surface area contributed by atoms with Gasteiger partial charge in [0.15, 0.2) is 21.2 Å². The van der Waals surface area contributed by atoms with Crippen LogP contribution in [0.2, 0.25) is 0 Å². The van der Waals surface area contributed by atoms with Crippen LogP contribution in [0.4, 0.5) is 0 Å². The first-order valence-corrected chi connectivity index (χ1v) is 15.4. The van der Waals surface area contributed by atoms with E-state index in [0.29, 0.717) is 34.9 Å². The van der Waals surface area contributed by atoms with E-state index in [0.717, 1.165) is 61.1 Å². The van der Waals surface area contributed by atoms with Gasteiger partial charge in [0.1, 0.15) is 6.33 Å². The van der Waals surface area contributed by atoms with E-state index in [-0.39, 0.29) is 11.3 Å². The van der Waals surface area contributed by atoms with Crippen molar-refractivity contribution < 1.29 is 13.2 Å². The molecule has 0 radical (unpaired) electrons. The summed E-state index contributed by atoms with van der Waals surface area (Å²) in [5.41, 5.74) is 7.28. The van der Waals surface area contributed by atoms with E-state index in [4.69, 9.17) is 9.72 Å². The van der Waals surface area contributed by atoms with Crippen molar-refractivity contribution in [1.29, 1.82) is 0 Å². The molecular formula is C28H34N6O3S. The molecule has 4 aromatic heterocycles. The first-order chi connectivity index (χ1) is 18.2. The van der Waals surface area contributed by atoms with Crippen molar-refractivity contribution in [3.05, 3.63) is 42.0 Å². The van der Waals surface area contributed by atoms with Crippen LogP contribution in [0.15, 0.2) is 30.7 Å². The minimum absolute atomic E-state index is 0.0734. The van der Waals surface area contributed by atoms with Crippen molar-refractivity contribution in [3.63, 3.8) is 0 Å². The molecule has 1 saturated carbocycles. The molecule has 200 valence electrons. The largest absolute Gasteiger partial charge is 0.493 e. The lowest BCUT2D eigenvalue weighted by Gasteiger charge is -2.58. The summed E-state index contributed by atoms with van der Waals surface area (Å²) in [6.45, 7) is 6.34. The van der Waals surface area contributed by atoms with Crippen molar-refractivity contribution in [1.82, 2.24) is 29.5 Å². The van der Waals surface area contributed by atoms with Gasteiger partial charge in [0, 0.05) is 53.5 Å². The first-order valence-electron chi connectivity index (χ1n) is 13.6. The molecule has 0 atom stereocenters. The second kappa shape index (κ2) is 8.51. The molecule has 3 fully saturated rings. The summed E-state index contributed by atoms with van der Waals surface area (Å²) in [6.07, 6.45) is 8.08. The van der Waals surface area contributed by atoms with Gasteiger partial charge in [-0.2, -0.15) is 5.10 Å². The Morgan fingerprint density at radius 1 is 1.13 bits per heavy atom. The molecule has 2 aliphatic heterocycles. The zero-order valence-electron chi connectivity index (χ0n) is 22.1. The number of likely N-dealkylation sites (tertiary alicyclic amines) is 1. The predicted octanol–water partition coefficient (Wildman–Crippen LogP) is 4.16. The number of pyridine rings is 2. The quantitative estimate of drug-likeness (QED) is 0.410. The molecule has 0 aromatic carbocycles. The molecule has 9 nitrogen and oxygen atoms in total. The maximum Gasteiger partial charge on any atom is 0.197 e. The van der Waals surface area contributed by atoms with E-state index in [1.54, 1.807) is 11.6 Å². The van der Waals surface area contributed by atoms with Crippen LogP contribution in [-0.4, -0.2) is 75.6 Å². The number of aromatic nitrogens is 5. The van der Waals surface area contributed by atoms with Crippen molar-refractivity contribution in [3.8, 4) is 17.0 Å². The van der Waals surface area contributed by atoms with Gasteiger partial charge in [-0.3, -0.25) is 9.88 Å². The summed E-state index contributed by atoms with van der Waals surface area (Å²) in [5, 5.41) is 4.33. The monoisotopic (exact) mass is 534 g/mol. The van der Waals surface area contributed by atoms with E-state index in [1.807, 2.05) is 12.3 Å². The number of nitrogens with one attached hydrogen (secondary N) is 1. The number of H-pyrrole nitrogens is 1. The average Bonchev–Trinajstić information content (AvgIpc) is 3.49. The number of fused-ring (bicyclic) bond motifs is 2. The third-order valence-electron chi connectivity index (χ3n) is 8.89. The summed E-state index contributed by atoms with van der Waals surface area (Å²) >= 11 is 0. The molecule has 0 unspecified atom stereocenters. The summed E-state index contributed by atoms with van der Waals surface area (Å²) in [4.78, 5) is 15.7. The third kappa shape index (κ3) is 3.83. The molecular weight excluding hydrogens is 500 g/mol. The SMILES string of the molecule is COc1cc(-c2[nH]c3ccc(C4CCC(N5CC6(C5)CS(=O)(=O)C6)CC4)nc3c2C(C)C)cn2ncnc12. The average molecular weight is 535 g/mol. The molecule has 38 heavy (non-hydrogen) atoms. The lowest BCUT2D eigenvalue weighted by Crippen LogP contribution is -2.70. The Morgan fingerprint density at radius 2 is 1.89 bits per heavy atom. The maximum absolute atomic E-state index is 11.6. The molecule has 0 bridgehead atoms. The van der Waals surface area contributed by atoms with Crippen LogP contribution in [0.3, 0.4) is 0 Å². The predicted molar refractivity (Wildman–Crippen MR) is 146 cm³/mol. The number of methoxy groups -OCH3 is 1. The van der Waals surface area contributed by atoms with Crippen LogP contribution in [0.5, 0.6) is 5.75 Å². The zero-order chi connectivity index (χ0) is 26.2. The molecule has 10 heteroatoms. The van der Waals surface area contributed by atoms with Gasteiger partial charge in [-0.25, -0.2) is 17.9 Å². The molecule has 2 saturated heterocycles. The Hall–Kier alpha value is -2.98. The van der Waals surface area contributed by atoms with E-state index in [9.17, 15) is 8.42 Å². The maximum atomic E-state index is 11.6. The highest BCUT2D eigenvalue weighted by Gasteiger charge is 2.56. The highest BCUT2D eigenvalue weighted by atomic mass is 32.2.